The van der Waals surface area contributed by atoms with Crippen LogP contribution in [0.3, 0.4) is 0 Å². The third-order valence-electron chi connectivity index (χ3n) is 5.56. The van der Waals surface area contributed by atoms with Gasteiger partial charge in [0.15, 0.2) is 5.58 Å². The van der Waals surface area contributed by atoms with Crippen LogP contribution in [0.1, 0.15) is 38.1 Å². The lowest BCUT2D eigenvalue weighted by atomic mass is 10.0. The third-order valence-corrected chi connectivity index (χ3v) is 5.80. The largest absolute Gasteiger partial charge is 0.420 e. The van der Waals surface area contributed by atoms with Crippen molar-refractivity contribution in [3.05, 3.63) is 33.8 Å². The van der Waals surface area contributed by atoms with E-state index in [0.717, 1.165) is 57.4 Å². The fourth-order valence-electron chi connectivity index (χ4n) is 4.12. The molecule has 0 N–H and O–H groups in total. The maximum Gasteiger partial charge on any atom is 0.420 e. The Kier molecular flexibility index (Phi) is 5.05. The summed E-state index contributed by atoms with van der Waals surface area (Å²) in [5.74, 6) is -0.0917. The zero-order chi connectivity index (χ0) is 18.1. The molecule has 7 heteroatoms. The molecule has 1 amide bonds. The number of fused-ring (bicyclic) bond motifs is 1. The minimum Gasteiger partial charge on any atom is -0.408 e. The van der Waals surface area contributed by atoms with E-state index >= 15 is 0 Å². The van der Waals surface area contributed by atoms with E-state index in [4.69, 9.17) is 16.0 Å². The second-order valence-electron chi connectivity index (χ2n) is 7.30. The minimum absolute atomic E-state index is 0.0866. The molecule has 2 aromatic rings. The molecule has 2 aliphatic heterocycles. The molecule has 0 spiro atoms. The number of benzene rings is 1. The Morgan fingerprint density at radius 2 is 1.85 bits per heavy atom. The van der Waals surface area contributed by atoms with E-state index in [1.807, 2.05) is 4.90 Å². The zero-order valence-electron chi connectivity index (χ0n) is 14.8. The maximum absolute atomic E-state index is 12.4. The Bertz CT molecular complexity index is 845. The number of amides is 1. The summed E-state index contributed by atoms with van der Waals surface area (Å²) in [4.78, 5) is 28.9. The summed E-state index contributed by atoms with van der Waals surface area (Å²) in [7, 11) is 0. The summed E-state index contributed by atoms with van der Waals surface area (Å²) in [6.07, 6.45) is 5.12. The maximum atomic E-state index is 12.4. The second kappa shape index (κ2) is 7.45. The van der Waals surface area contributed by atoms with E-state index in [9.17, 15) is 9.59 Å². The topological polar surface area (TPSA) is 58.7 Å². The average molecular weight is 378 g/mol. The number of oxazole rings is 1. The molecule has 0 saturated carbocycles. The van der Waals surface area contributed by atoms with E-state index in [-0.39, 0.29) is 17.7 Å². The number of carbonyl (C=O) groups is 1. The van der Waals surface area contributed by atoms with Crippen LogP contribution in [0.4, 0.5) is 0 Å². The highest BCUT2D eigenvalue weighted by atomic mass is 35.5. The quantitative estimate of drug-likeness (QED) is 0.825. The number of halogens is 1. The van der Waals surface area contributed by atoms with E-state index in [2.05, 4.69) is 4.90 Å². The monoisotopic (exact) mass is 377 g/mol. The predicted octanol–water partition coefficient (Wildman–Crippen LogP) is 2.90. The fraction of sp³-hybridized carbons (Fsp3) is 0.579. The zero-order valence-corrected chi connectivity index (χ0v) is 15.6. The molecule has 0 bridgehead atoms. The van der Waals surface area contributed by atoms with Crippen molar-refractivity contribution >= 4 is 28.6 Å². The van der Waals surface area contributed by atoms with Gasteiger partial charge in [0.05, 0.1) is 12.1 Å². The van der Waals surface area contributed by atoms with Gasteiger partial charge in [0, 0.05) is 37.2 Å². The number of hydrogen-bond donors (Lipinski definition) is 0. The first-order valence-corrected chi connectivity index (χ1v) is 9.80. The van der Waals surface area contributed by atoms with Crippen LogP contribution in [0.2, 0.25) is 5.02 Å². The number of rotatable bonds is 3. The first-order valence-electron chi connectivity index (χ1n) is 9.42. The highest BCUT2D eigenvalue weighted by molar-refractivity contribution is 6.31. The predicted molar refractivity (Wildman–Crippen MR) is 101 cm³/mol. The number of piperidine rings is 2. The van der Waals surface area contributed by atoms with E-state index in [1.54, 1.807) is 22.8 Å². The van der Waals surface area contributed by atoms with Gasteiger partial charge in [-0.15, -0.1) is 0 Å². The van der Waals surface area contributed by atoms with Crippen molar-refractivity contribution in [3.63, 3.8) is 0 Å². The van der Waals surface area contributed by atoms with E-state index in [0.29, 0.717) is 17.2 Å². The fourth-order valence-corrected chi connectivity index (χ4v) is 4.29. The molecule has 140 valence electrons. The molecule has 0 unspecified atom stereocenters. The Labute approximate surface area is 157 Å². The van der Waals surface area contributed by atoms with Crippen molar-refractivity contribution in [2.75, 3.05) is 32.7 Å². The number of nitrogens with zero attached hydrogens (tertiary/aromatic N) is 3. The standard InChI is InChI=1S/C19H24ClN3O3/c20-14-4-5-17-16(12-14)23(19(25)26-17)15-6-10-21(11-7-15)13-18(24)22-8-2-1-3-9-22/h4-5,12,15H,1-3,6-11,13H2. The summed E-state index contributed by atoms with van der Waals surface area (Å²) in [5.41, 5.74) is 1.33. The number of likely N-dealkylation sites (tertiary alicyclic amines) is 2. The molecule has 6 nitrogen and oxygen atoms in total. The molecule has 0 atom stereocenters. The number of aromatic nitrogens is 1. The first-order chi connectivity index (χ1) is 12.6. The molecular formula is C19H24ClN3O3. The first kappa shape index (κ1) is 17.6. The van der Waals surface area contributed by atoms with Crippen LogP contribution >= 0.6 is 11.6 Å². The minimum atomic E-state index is -0.329. The summed E-state index contributed by atoms with van der Waals surface area (Å²) in [6, 6.07) is 5.34. The molecule has 2 saturated heterocycles. The van der Waals surface area contributed by atoms with Gasteiger partial charge in [0.1, 0.15) is 0 Å². The molecule has 1 aromatic heterocycles. The van der Waals surface area contributed by atoms with Crippen molar-refractivity contribution < 1.29 is 9.21 Å². The molecule has 1 aromatic carbocycles. The van der Waals surface area contributed by atoms with Crippen molar-refractivity contribution in [2.24, 2.45) is 0 Å². The molecule has 4 rings (SSSR count). The molecule has 26 heavy (non-hydrogen) atoms. The highest BCUT2D eigenvalue weighted by Gasteiger charge is 2.27. The van der Waals surface area contributed by atoms with Gasteiger partial charge in [-0.05, 0) is 50.3 Å². The SMILES string of the molecule is O=C(CN1CCC(n2c(=O)oc3ccc(Cl)cc32)CC1)N1CCCCC1. The van der Waals surface area contributed by atoms with Crippen LogP contribution in [-0.4, -0.2) is 53.0 Å². The smallest absolute Gasteiger partial charge is 0.408 e. The van der Waals surface area contributed by atoms with Gasteiger partial charge in [-0.2, -0.15) is 0 Å². The average Bonchev–Trinajstić information content (AvgIpc) is 2.98. The lowest BCUT2D eigenvalue weighted by molar-refractivity contribution is -0.133. The molecular weight excluding hydrogens is 354 g/mol. The van der Waals surface area contributed by atoms with Crippen LogP contribution in [0, 0.1) is 0 Å². The van der Waals surface area contributed by atoms with Gasteiger partial charge in [-0.25, -0.2) is 4.79 Å². The third kappa shape index (κ3) is 3.53. The Balaban J connectivity index is 1.41. The Hall–Kier alpha value is -1.79. The highest BCUT2D eigenvalue weighted by Crippen LogP contribution is 2.27. The van der Waals surface area contributed by atoms with Crippen LogP contribution < -0.4 is 5.76 Å². The molecule has 0 radical (unpaired) electrons. The van der Waals surface area contributed by atoms with Gasteiger partial charge in [-0.1, -0.05) is 11.6 Å². The van der Waals surface area contributed by atoms with Crippen molar-refractivity contribution in [1.29, 1.82) is 0 Å². The summed E-state index contributed by atoms with van der Waals surface area (Å²) in [5, 5.41) is 0.594. The van der Waals surface area contributed by atoms with Crippen molar-refractivity contribution in [3.8, 4) is 0 Å². The molecule has 0 aliphatic carbocycles. The lowest BCUT2D eigenvalue weighted by Gasteiger charge is -2.34. The Morgan fingerprint density at radius 3 is 2.58 bits per heavy atom. The molecule has 3 heterocycles. The van der Waals surface area contributed by atoms with Gasteiger partial charge < -0.3 is 9.32 Å². The van der Waals surface area contributed by atoms with Crippen LogP contribution in [0.25, 0.3) is 11.1 Å². The van der Waals surface area contributed by atoms with Gasteiger partial charge in [0.25, 0.3) is 0 Å². The molecule has 2 fully saturated rings. The number of hydrogen-bond acceptors (Lipinski definition) is 4. The van der Waals surface area contributed by atoms with E-state index in [1.165, 1.54) is 6.42 Å². The lowest BCUT2D eigenvalue weighted by Crippen LogP contribution is -2.45. The van der Waals surface area contributed by atoms with Crippen molar-refractivity contribution in [1.82, 2.24) is 14.4 Å². The Morgan fingerprint density at radius 1 is 1.12 bits per heavy atom. The van der Waals surface area contributed by atoms with Crippen molar-refractivity contribution in [2.45, 2.75) is 38.1 Å². The normalized spacial score (nSPS) is 20.0. The summed E-state index contributed by atoms with van der Waals surface area (Å²) in [6.45, 7) is 3.90. The van der Waals surface area contributed by atoms with Gasteiger partial charge in [0.2, 0.25) is 5.91 Å². The second-order valence-corrected chi connectivity index (χ2v) is 7.74. The summed E-state index contributed by atoms with van der Waals surface area (Å²) >= 11 is 6.09. The summed E-state index contributed by atoms with van der Waals surface area (Å²) < 4.78 is 7.08. The van der Waals surface area contributed by atoms with Gasteiger partial charge >= 0.3 is 5.76 Å². The van der Waals surface area contributed by atoms with Crippen LogP contribution in [-0.2, 0) is 4.79 Å². The van der Waals surface area contributed by atoms with Crippen LogP contribution in [0.15, 0.2) is 27.4 Å². The van der Waals surface area contributed by atoms with E-state index < -0.39 is 0 Å². The number of carbonyl (C=O) groups excluding carboxylic acids is 1. The van der Waals surface area contributed by atoms with Crippen LogP contribution in [0.5, 0.6) is 0 Å². The van der Waals surface area contributed by atoms with Gasteiger partial charge in [-0.3, -0.25) is 14.3 Å². The molecule has 2 aliphatic rings.